The standard InChI is InChI=1S/C66H56N2OSi2/c1-70(2,3)54-37-33-52(34-38-54)67(48-16-9-7-10-17-48)50-29-24-45(25-30-50)47-28-41-58-63-44-61-57-21-14-13-20-56(57)60(43-62(61)59-22-15-23-64(66(59)63)69-65(58)42-47)46-26-31-51(32-27-46)68(49-18-11-8-12-19-49)53-35-39-55(40-36-53)71(4,5)6/h7-44H,1-6H3. The molecule has 0 aliphatic carbocycles. The lowest BCUT2D eigenvalue weighted by Gasteiger charge is -2.27. The highest BCUT2D eigenvalue weighted by atomic mass is 28.3. The first-order chi connectivity index (χ1) is 34.5. The maximum absolute atomic E-state index is 6.90. The van der Waals surface area contributed by atoms with Crippen molar-refractivity contribution in [1.82, 2.24) is 0 Å². The first kappa shape index (κ1) is 44.3. The molecule has 344 valence electrons. The van der Waals surface area contributed by atoms with Gasteiger partial charge in [-0.15, -0.1) is 0 Å². The van der Waals surface area contributed by atoms with Crippen LogP contribution in [0.3, 0.4) is 0 Å². The Labute approximate surface area is 419 Å². The van der Waals surface area contributed by atoms with Gasteiger partial charge in [0.1, 0.15) is 11.5 Å². The normalized spacial score (nSPS) is 12.2. The van der Waals surface area contributed by atoms with Crippen molar-refractivity contribution in [3.05, 3.63) is 231 Å². The third-order valence-corrected chi connectivity index (χ3v) is 18.5. The SMILES string of the molecule is C[Si](C)(C)c1ccc(N(c2ccccc2)c2ccc(-c3ccc4c(c3)Oc3cccc5c3c-4cc3c4ccccc4c(-c4ccc(N(c6ccccc6)c6ccc([Si](C)(C)C)cc6)cc4)cc53)cc2)cc1. The molecule has 0 saturated heterocycles. The van der Waals surface area contributed by atoms with E-state index in [4.69, 9.17) is 4.74 Å². The minimum absolute atomic E-state index is 0.872. The van der Waals surface area contributed by atoms with E-state index in [1.54, 1.807) is 0 Å². The highest BCUT2D eigenvalue weighted by Crippen LogP contribution is 2.51. The molecule has 0 unspecified atom stereocenters. The van der Waals surface area contributed by atoms with Gasteiger partial charge in [0, 0.05) is 45.1 Å². The fourth-order valence-electron chi connectivity index (χ4n) is 10.6. The minimum Gasteiger partial charge on any atom is -0.456 e. The predicted molar refractivity (Wildman–Crippen MR) is 311 cm³/mol. The zero-order valence-corrected chi connectivity index (χ0v) is 43.2. The van der Waals surface area contributed by atoms with Crippen LogP contribution in [-0.2, 0) is 0 Å². The predicted octanol–water partition coefficient (Wildman–Crippen LogP) is 18.3. The molecule has 3 nitrogen and oxygen atoms in total. The van der Waals surface area contributed by atoms with Crippen molar-refractivity contribution in [1.29, 1.82) is 0 Å². The van der Waals surface area contributed by atoms with E-state index >= 15 is 0 Å². The third kappa shape index (κ3) is 8.11. The van der Waals surface area contributed by atoms with E-state index < -0.39 is 16.1 Å². The van der Waals surface area contributed by atoms with Gasteiger partial charge in [-0.1, -0.05) is 177 Å². The first-order valence-corrected chi connectivity index (χ1v) is 31.8. The van der Waals surface area contributed by atoms with Gasteiger partial charge in [-0.3, -0.25) is 0 Å². The van der Waals surface area contributed by atoms with Gasteiger partial charge in [0.05, 0.1) is 16.1 Å². The molecular formula is C66H56N2OSi2. The van der Waals surface area contributed by atoms with Crippen LogP contribution in [0.15, 0.2) is 231 Å². The molecule has 0 atom stereocenters. The van der Waals surface area contributed by atoms with Crippen LogP contribution in [0.4, 0.5) is 34.1 Å². The van der Waals surface area contributed by atoms with E-state index in [0.29, 0.717) is 0 Å². The maximum atomic E-state index is 6.90. The van der Waals surface area contributed by atoms with Crippen molar-refractivity contribution < 1.29 is 4.74 Å². The number of nitrogens with zero attached hydrogens (tertiary/aromatic N) is 2. The van der Waals surface area contributed by atoms with E-state index in [1.165, 1.54) is 54.0 Å². The minimum atomic E-state index is -1.44. The smallest absolute Gasteiger partial charge is 0.135 e. The van der Waals surface area contributed by atoms with Crippen LogP contribution >= 0.6 is 0 Å². The van der Waals surface area contributed by atoms with Gasteiger partial charge in [-0.25, -0.2) is 0 Å². The van der Waals surface area contributed by atoms with E-state index in [-0.39, 0.29) is 0 Å². The molecule has 0 saturated carbocycles. The average molecular weight is 949 g/mol. The number of benzene rings is 11. The van der Waals surface area contributed by atoms with Gasteiger partial charge in [-0.05, 0) is 158 Å². The Hall–Kier alpha value is -7.97. The number of fused-ring (bicyclic) bond motifs is 6. The molecule has 0 bridgehead atoms. The lowest BCUT2D eigenvalue weighted by molar-refractivity contribution is 0.487. The summed E-state index contributed by atoms with van der Waals surface area (Å²) in [7, 11) is -2.87. The maximum Gasteiger partial charge on any atom is 0.135 e. The van der Waals surface area contributed by atoms with Crippen molar-refractivity contribution >= 4 is 93.0 Å². The summed E-state index contributed by atoms with van der Waals surface area (Å²) in [5.74, 6) is 1.76. The van der Waals surface area contributed by atoms with Crippen LogP contribution < -0.4 is 24.9 Å². The Bertz CT molecular complexity index is 3770. The Morgan fingerprint density at radius 2 is 0.704 bits per heavy atom. The third-order valence-electron chi connectivity index (χ3n) is 14.4. The van der Waals surface area contributed by atoms with Gasteiger partial charge >= 0.3 is 0 Å². The van der Waals surface area contributed by atoms with Crippen LogP contribution in [0.5, 0.6) is 11.5 Å². The molecule has 0 N–H and O–H groups in total. The summed E-state index contributed by atoms with van der Waals surface area (Å²) in [5.41, 5.74) is 13.8. The lowest BCUT2D eigenvalue weighted by Crippen LogP contribution is -2.37. The Morgan fingerprint density at radius 1 is 0.282 bits per heavy atom. The Balaban J connectivity index is 0.903. The average Bonchev–Trinajstić information content (AvgIpc) is 3.39. The monoisotopic (exact) mass is 948 g/mol. The van der Waals surface area contributed by atoms with Crippen molar-refractivity contribution in [2.75, 3.05) is 9.80 Å². The molecule has 71 heavy (non-hydrogen) atoms. The zero-order chi connectivity index (χ0) is 48.4. The topological polar surface area (TPSA) is 15.7 Å². The summed E-state index contributed by atoms with van der Waals surface area (Å²) in [5, 5.41) is 10.2. The van der Waals surface area contributed by atoms with Crippen molar-refractivity contribution in [3.8, 4) is 44.9 Å². The second kappa shape index (κ2) is 17.5. The van der Waals surface area contributed by atoms with Gasteiger partial charge in [0.15, 0.2) is 0 Å². The second-order valence-electron chi connectivity index (χ2n) is 21.0. The first-order valence-electron chi connectivity index (χ1n) is 24.8. The molecule has 0 aromatic heterocycles. The number of para-hydroxylation sites is 2. The van der Waals surface area contributed by atoms with Gasteiger partial charge < -0.3 is 14.5 Å². The van der Waals surface area contributed by atoms with Crippen molar-refractivity contribution in [3.63, 3.8) is 0 Å². The Kier molecular flexibility index (Phi) is 10.9. The lowest BCUT2D eigenvalue weighted by atomic mass is 9.86. The Morgan fingerprint density at radius 3 is 1.24 bits per heavy atom. The van der Waals surface area contributed by atoms with Crippen LogP contribution in [0.1, 0.15) is 0 Å². The van der Waals surface area contributed by atoms with Crippen LogP contribution in [0.2, 0.25) is 39.3 Å². The number of hydrogen-bond acceptors (Lipinski definition) is 3. The van der Waals surface area contributed by atoms with Gasteiger partial charge in [0.25, 0.3) is 0 Å². The summed E-state index contributed by atoms with van der Waals surface area (Å²) in [6, 6.07) is 84.7. The molecule has 12 rings (SSSR count). The van der Waals surface area contributed by atoms with E-state index in [1.807, 2.05) is 0 Å². The van der Waals surface area contributed by atoms with Crippen LogP contribution in [0.25, 0.3) is 65.7 Å². The molecule has 0 fully saturated rings. The molecule has 1 heterocycles. The summed E-state index contributed by atoms with van der Waals surface area (Å²) in [6.45, 7) is 14.4. The van der Waals surface area contributed by atoms with Crippen molar-refractivity contribution in [2.45, 2.75) is 39.3 Å². The molecule has 11 aromatic rings. The van der Waals surface area contributed by atoms with Gasteiger partial charge in [0.2, 0.25) is 0 Å². The molecule has 0 spiro atoms. The zero-order valence-electron chi connectivity index (χ0n) is 41.2. The molecule has 1 aliphatic rings. The highest BCUT2D eigenvalue weighted by molar-refractivity contribution is 6.89. The molecule has 0 radical (unpaired) electrons. The largest absolute Gasteiger partial charge is 0.456 e. The van der Waals surface area contributed by atoms with Gasteiger partial charge in [-0.2, -0.15) is 0 Å². The molecule has 1 aliphatic heterocycles. The summed E-state index contributed by atoms with van der Waals surface area (Å²) in [6.07, 6.45) is 0. The summed E-state index contributed by atoms with van der Waals surface area (Å²) < 4.78 is 6.90. The number of ether oxygens (including phenoxy) is 1. The molecule has 11 aromatic carbocycles. The molecule has 0 amide bonds. The quantitative estimate of drug-likeness (QED) is 0.100. The number of anilines is 6. The molecular weight excluding hydrogens is 893 g/mol. The van der Waals surface area contributed by atoms with Crippen LogP contribution in [0, 0.1) is 0 Å². The fourth-order valence-corrected chi connectivity index (χ4v) is 12.9. The summed E-state index contributed by atoms with van der Waals surface area (Å²) in [4.78, 5) is 4.70. The summed E-state index contributed by atoms with van der Waals surface area (Å²) >= 11 is 0. The second-order valence-corrected chi connectivity index (χ2v) is 31.2. The van der Waals surface area contributed by atoms with E-state index in [2.05, 4.69) is 280 Å². The number of hydrogen-bond donors (Lipinski definition) is 0. The highest BCUT2D eigenvalue weighted by Gasteiger charge is 2.25. The van der Waals surface area contributed by atoms with Crippen molar-refractivity contribution in [2.24, 2.45) is 0 Å². The van der Waals surface area contributed by atoms with Crippen LogP contribution in [-0.4, -0.2) is 16.1 Å². The fraction of sp³-hybridized carbons (Fsp3) is 0.0909. The number of rotatable bonds is 10. The van der Waals surface area contributed by atoms with E-state index in [9.17, 15) is 0 Å². The van der Waals surface area contributed by atoms with E-state index in [0.717, 1.165) is 67.7 Å². The molecule has 5 heteroatoms.